The van der Waals surface area contributed by atoms with E-state index in [1.807, 2.05) is 34.1 Å². The Kier molecular flexibility index (Phi) is 6.77. The van der Waals surface area contributed by atoms with E-state index in [0.717, 1.165) is 16.1 Å². The number of halogens is 1. The van der Waals surface area contributed by atoms with Crippen LogP contribution in [0, 0.1) is 11.3 Å². The van der Waals surface area contributed by atoms with Crippen molar-refractivity contribution in [1.29, 1.82) is 5.26 Å². The molecule has 1 amide bonds. The minimum atomic E-state index is -0.124. The number of benzene rings is 1. The summed E-state index contributed by atoms with van der Waals surface area (Å²) in [5.74, 6) is 0.656. The van der Waals surface area contributed by atoms with Crippen LogP contribution in [-0.4, -0.2) is 53.7 Å². The Morgan fingerprint density at radius 3 is 2.88 bits per heavy atom. The maximum Gasteiger partial charge on any atom is 0.237 e. The molecule has 1 aliphatic heterocycles. The smallest absolute Gasteiger partial charge is 0.237 e. The summed E-state index contributed by atoms with van der Waals surface area (Å²) in [5, 5.41) is 13.2. The van der Waals surface area contributed by atoms with Gasteiger partial charge in [-0.15, -0.1) is 11.3 Å². The first-order valence-electron chi connectivity index (χ1n) is 9.97. The molecule has 1 atom stereocenters. The van der Waals surface area contributed by atoms with Crippen molar-refractivity contribution in [3.63, 3.8) is 0 Å². The number of piperazine rings is 1. The molecule has 166 valence electrons. The highest BCUT2D eigenvalue weighted by Crippen LogP contribution is 2.31. The van der Waals surface area contributed by atoms with Gasteiger partial charge in [0.05, 0.1) is 39.7 Å². The minimum Gasteiger partial charge on any atom is -0.398 e. The topological polar surface area (TPSA) is 109 Å². The predicted octanol–water partition coefficient (Wildman–Crippen LogP) is 3.37. The van der Waals surface area contributed by atoms with Gasteiger partial charge in [0, 0.05) is 38.5 Å². The van der Waals surface area contributed by atoms with E-state index in [1.165, 1.54) is 11.3 Å². The number of hydrogen-bond acceptors (Lipinski definition) is 8. The molecule has 32 heavy (non-hydrogen) atoms. The van der Waals surface area contributed by atoms with Crippen LogP contribution in [0.25, 0.3) is 10.6 Å². The summed E-state index contributed by atoms with van der Waals surface area (Å²) in [6, 6.07) is 12.8. The number of nitrogen functional groups attached to an aromatic ring is 1. The standard InChI is InChI=1S/C22H22ClN5O3S/c1-30-13-17-11-27(10-16-7-19(31-26-16)20-4-5-21(23)32-20)12-22(29)28(17)9-14-2-3-15(8-24)18(25)6-14/h2-7,17H,9-13,25H2,1H3. The number of carbonyl (C=O) groups excluding carboxylic acids is 1. The third-order valence-corrected chi connectivity index (χ3v) is 6.54. The van der Waals surface area contributed by atoms with Gasteiger partial charge in [0.25, 0.3) is 0 Å². The zero-order chi connectivity index (χ0) is 22.7. The second kappa shape index (κ2) is 9.71. The summed E-state index contributed by atoms with van der Waals surface area (Å²) < 4.78 is 11.5. The average molecular weight is 472 g/mol. The Bertz CT molecular complexity index is 1150. The molecule has 8 nitrogen and oxygen atoms in total. The summed E-state index contributed by atoms with van der Waals surface area (Å²) in [4.78, 5) is 17.8. The lowest BCUT2D eigenvalue weighted by Crippen LogP contribution is -2.57. The van der Waals surface area contributed by atoms with Crippen LogP contribution in [0.3, 0.4) is 0 Å². The molecular formula is C22H22ClN5O3S. The van der Waals surface area contributed by atoms with Crippen molar-refractivity contribution in [3.05, 3.63) is 57.6 Å². The summed E-state index contributed by atoms with van der Waals surface area (Å²) >= 11 is 7.43. The van der Waals surface area contributed by atoms with Gasteiger partial charge in [-0.25, -0.2) is 0 Å². The van der Waals surface area contributed by atoms with Gasteiger partial charge in [-0.1, -0.05) is 22.8 Å². The molecule has 0 saturated carbocycles. The molecule has 3 aromatic rings. The molecule has 0 spiro atoms. The molecule has 2 aromatic heterocycles. The molecule has 10 heteroatoms. The first kappa shape index (κ1) is 22.3. The molecule has 1 aliphatic rings. The second-order valence-electron chi connectivity index (χ2n) is 7.62. The molecule has 0 radical (unpaired) electrons. The van der Waals surface area contributed by atoms with E-state index in [1.54, 1.807) is 19.2 Å². The van der Waals surface area contributed by atoms with Crippen molar-refractivity contribution in [3.8, 4) is 16.7 Å². The fourth-order valence-electron chi connectivity index (χ4n) is 3.81. The van der Waals surface area contributed by atoms with Gasteiger partial charge in [-0.2, -0.15) is 5.26 Å². The number of methoxy groups -OCH3 is 1. The fourth-order valence-corrected chi connectivity index (χ4v) is 4.80. The van der Waals surface area contributed by atoms with Crippen molar-refractivity contribution in [1.82, 2.24) is 15.0 Å². The Morgan fingerprint density at radius 2 is 2.19 bits per heavy atom. The van der Waals surface area contributed by atoms with E-state index in [4.69, 9.17) is 31.9 Å². The van der Waals surface area contributed by atoms with Crippen LogP contribution in [0.1, 0.15) is 16.8 Å². The maximum absolute atomic E-state index is 13.0. The summed E-state index contributed by atoms with van der Waals surface area (Å²) in [6.45, 7) is 2.21. The van der Waals surface area contributed by atoms with E-state index in [2.05, 4.69) is 11.2 Å². The van der Waals surface area contributed by atoms with Crippen LogP contribution in [0.2, 0.25) is 4.34 Å². The van der Waals surface area contributed by atoms with E-state index in [0.29, 0.717) is 47.6 Å². The van der Waals surface area contributed by atoms with Gasteiger partial charge in [0.15, 0.2) is 5.76 Å². The first-order valence-corrected chi connectivity index (χ1v) is 11.2. The second-order valence-corrected chi connectivity index (χ2v) is 9.34. The maximum atomic E-state index is 13.0. The van der Waals surface area contributed by atoms with Crippen LogP contribution < -0.4 is 5.73 Å². The van der Waals surface area contributed by atoms with Gasteiger partial charge in [0.2, 0.25) is 5.91 Å². The van der Waals surface area contributed by atoms with Gasteiger partial charge >= 0.3 is 0 Å². The number of thiophene rings is 1. The zero-order valence-corrected chi connectivity index (χ0v) is 19.0. The molecule has 0 aliphatic carbocycles. The fraction of sp³-hybridized carbons (Fsp3) is 0.318. The van der Waals surface area contributed by atoms with Crippen molar-refractivity contribution >= 4 is 34.5 Å². The molecule has 2 N–H and O–H groups in total. The van der Waals surface area contributed by atoms with Gasteiger partial charge in [-0.3, -0.25) is 9.69 Å². The van der Waals surface area contributed by atoms with Crippen LogP contribution >= 0.6 is 22.9 Å². The number of rotatable bonds is 7. The summed E-state index contributed by atoms with van der Waals surface area (Å²) in [6.07, 6.45) is 0. The molecule has 1 aromatic carbocycles. The quantitative estimate of drug-likeness (QED) is 0.526. The molecule has 1 fully saturated rings. The van der Waals surface area contributed by atoms with Crippen LogP contribution in [0.15, 0.2) is 40.9 Å². The van der Waals surface area contributed by atoms with Crippen LogP contribution in [0.4, 0.5) is 5.69 Å². The number of nitrogens with zero attached hydrogens (tertiary/aromatic N) is 4. The zero-order valence-electron chi connectivity index (χ0n) is 17.5. The first-order chi connectivity index (χ1) is 15.5. The number of carbonyl (C=O) groups is 1. The van der Waals surface area contributed by atoms with Crippen LogP contribution in [-0.2, 0) is 22.6 Å². The number of anilines is 1. The lowest BCUT2D eigenvalue weighted by molar-refractivity contribution is -0.142. The largest absolute Gasteiger partial charge is 0.398 e. The highest BCUT2D eigenvalue weighted by molar-refractivity contribution is 7.19. The highest BCUT2D eigenvalue weighted by Gasteiger charge is 2.33. The molecule has 1 saturated heterocycles. The number of nitrogens with two attached hydrogens (primary N) is 1. The Balaban J connectivity index is 1.44. The lowest BCUT2D eigenvalue weighted by atomic mass is 10.1. The van der Waals surface area contributed by atoms with E-state index in [9.17, 15) is 4.79 Å². The van der Waals surface area contributed by atoms with Crippen molar-refractivity contribution < 1.29 is 14.1 Å². The molecule has 3 heterocycles. The number of nitriles is 1. The average Bonchev–Trinajstić information content (AvgIpc) is 3.40. The van der Waals surface area contributed by atoms with E-state index in [-0.39, 0.29) is 18.5 Å². The highest BCUT2D eigenvalue weighted by atomic mass is 35.5. The number of ether oxygens (including phenoxy) is 1. The number of amides is 1. The Hall–Kier alpha value is -2.90. The van der Waals surface area contributed by atoms with E-state index >= 15 is 0 Å². The SMILES string of the molecule is COCC1CN(Cc2cc(-c3ccc(Cl)s3)on2)CC(=O)N1Cc1ccc(C#N)c(N)c1. The van der Waals surface area contributed by atoms with Crippen molar-refractivity contribution in [2.75, 3.05) is 32.5 Å². The Morgan fingerprint density at radius 1 is 1.34 bits per heavy atom. The lowest BCUT2D eigenvalue weighted by Gasteiger charge is -2.40. The third kappa shape index (κ3) is 4.95. The minimum absolute atomic E-state index is 0.00464. The third-order valence-electron chi connectivity index (χ3n) is 5.30. The summed E-state index contributed by atoms with van der Waals surface area (Å²) in [7, 11) is 1.62. The predicted molar refractivity (Wildman–Crippen MR) is 122 cm³/mol. The monoisotopic (exact) mass is 471 g/mol. The summed E-state index contributed by atoms with van der Waals surface area (Å²) in [5.41, 5.74) is 8.40. The molecule has 4 rings (SSSR count). The van der Waals surface area contributed by atoms with Gasteiger partial charge in [0.1, 0.15) is 6.07 Å². The number of aromatic nitrogens is 1. The van der Waals surface area contributed by atoms with Crippen LogP contribution in [0.5, 0.6) is 0 Å². The molecular weight excluding hydrogens is 450 g/mol. The number of hydrogen-bond donors (Lipinski definition) is 1. The van der Waals surface area contributed by atoms with Crippen molar-refractivity contribution in [2.24, 2.45) is 0 Å². The normalized spacial score (nSPS) is 17.0. The van der Waals surface area contributed by atoms with E-state index < -0.39 is 0 Å². The molecule has 1 unspecified atom stereocenters. The molecule has 0 bridgehead atoms. The van der Waals surface area contributed by atoms with Gasteiger partial charge in [-0.05, 0) is 29.8 Å². The Labute approximate surface area is 194 Å². The van der Waals surface area contributed by atoms with Crippen molar-refractivity contribution in [2.45, 2.75) is 19.1 Å². The van der Waals surface area contributed by atoms with Gasteiger partial charge < -0.3 is 19.9 Å².